The SMILES string of the molecule is CC(C)N(C(C)C)C(C)CCO. The van der Waals surface area contributed by atoms with Crippen LogP contribution in [0.4, 0.5) is 0 Å². The van der Waals surface area contributed by atoms with Crippen LogP contribution >= 0.6 is 0 Å². The molecule has 0 aliphatic carbocycles. The van der Waals surface area contributed by atoms with E-state index < -0.39 is 0 Å². The zero-order chi connectivity index (χ0) is 9.72. The van der Waals surface area contributed by atoms with Gasteiger partial charge in [0.1, 0.15) is 0 Å². The summed E-state index contributed by atoms with van der Waals surface area (Å²) in [5, 5.41) is 8.82. The molecule has 0 aliphatic heterocycles. The van der Waals surface area contributed by atoms with E-state index in [1.807, 2.05) is 0 Å². The molecule has 0 bridgehead atoms. The first-order chi connectivity index (χ1) is 5.50. The van der Waals surface area contributed by atoms with E-state index in [1.54, 1.807) is 0 Å². The van der Waals surface area contributed by atoms with E-state index in [9.17, 15) is 0 Å². The van der Waals surface area contributed by atoms with E-state index in [1.165, 1.54) is 0 Å². The summed E-state index contributed by atoms with van der Waals surface area (Å²) < 4.78 is 0. The van der Waals surface area contributed by atoms with Crippen molar-refractivity contribution in [3.63, 3.8) is 0 Å². The van der Waals surface area contributed by atoms with Crippen molar-refractivity contribution < 1.29 is 5.11 Å². The third kappa shape index (κ3) is 3.55. The highest BCUT2D eigenvalue weighted by molar-refractivity contribution is 4.73. The minimum absolute atomic E-state index is 0.289. The van der Waals surface area contributed by atoms with Crippen molar-refractivity contribution in [1.29, 1.82) is 0 Å². The van der Waals surface area contributed by atoms with Crippen LogP contribution in [0, 0.1) is 0 Å². The topological polar surface area (TPSA) is 23.5 Å². The summed E-state index contributed by atoms with van der Waals surface area (Å²) in [5.41, 5.74) is 0. The van der Waals surface area contributed by atoms with Crippen molar-refractivity contribution in [2.45, 2.75) is 59.2 Å². The second-order valence-corrected chi connectivity index (χ2v) is 4.00. The number of hydrogen-bond donors (Lipinski definition) is 1. The minimum Gasteiger partial charge on any atom is -0.396 e. The third-order valence-electron chi connectivity index (χ3n) is 2.25. The molecule has 0 aromatic heterocycles. The van der Waals surface area contributed by atoms with Gasteiger partial charge in [0, 0.05) is 24.7 Å². The normalized spacial score (nSPS) is 14.8. The molecular weight excluding hydrogens is 150 g/mol. The van der Waals surface area contributed by atoms with Crippen LogP contribution in [0.5, 0.6) is 0 Å². The Hall–Kier alpha value is -0.0800. The lowest BCUT2D eigenvalue weighted by atomic mass is 10.1. The molecule has 0 aliphatic rings. The molecule has 2 nitrogen and oxygen atoms in total. The molecule has 1 atom stereocenters. The Morgan fingerprint density at radius 1 is 1.00 bits per heavy atom. The monoisotopic (exact) mass is 173 g/mol. The van der Waals surface area contributed by atoms with Crippen molar-refractivity contribution in [3.05, 3.63) is 0 Å². The smallest absolute Gasteiger partial charge is 0.0445 e. The third-order valence-corrected chi connectivity index (χ3v) is 2.25. The van der Waals surface area contributed by atoms with E-state index in [-0.39, 0.29) is 6.61 Å². The van der Waals surface area contributed by atoms with E-state index in [0.29, 0.717) is 18.1 Å². The summed E-state index contributed by atoms with van der Waals surface area (Å²) in [6.07, 6.45) is 0.871. The molecule has 0 rings (SSSR count). The maximum absolute atomic E-state index is 8.82. The highest BCUT2D eigenvalue weighted by Gasteiger charge is 2.18. The van der Waals surface area contributed by atoms with E-state index >= 15 is 0 Å². The minimum atomic E-state index is 0.289. The number of rotatable bonds is 5. The summed E-state index contributed by atoms with van der Waals surface area (Å²) in [4.78, 5) is 2.43. The van der Waals surface area contributed by atoms with Crippen LogP contribution in [0.25, 0.3) is 0 Å². The van der Waals surface area contributed by atoms with Gasteiger partial charge in [-0.25, -0.2) is 0 Å². The van der Waals surface area contributed by atoms with Gasteiger partial charge in [-0.2, -0.15) is 0 Å². The van der Waals surface area contributed by atoms with Crippen LogP contribution in [0.3, 0.4) is 0 Å². The van der Waals surface area contributed by atoms with E-state index in [4.69, 9.17) is 5.11 Å². The first-order valence-electron chi connectivity index (χ1n) is 4.89. The molecule has 0 fully saturated rings. The van der Waals surface area contributed by atoms with Crippen molar-refractivity contribution >= 4 is 0 Å². The summed E-state index contributed by atoms with van der Waals surface area (Å²) in [7, 11) is 0. The Bertz CT molecular complexity index is 104. The number of aliphatic hydroxyl groups is 1. The van der Waals surface area contributed by atoms with Gasteiger partial charge >= 0.3 is 0 Å². The summed E-state index contributed by atoms with van der Waals surface area (Å²) in [6.45, 7) is 11.3. The van der Waals surface area contributed by atoms with E-state index in [0.717, 1.165) is 6.42 Å². The zero-order valence-corrected chi connectivity index (χ0v) is 9.04. The van der Waals surface area contributed by atoms with Crippen molar-refractivity contribution in [2.75, 3.05) is 6.61 Å². The molecule has 0 aromatic rings. The van der Waals surface area contributed by atoms with Crippen LogP contribution in [-0.4, -0.2) is 34.7 Å². The Labute approximate surface area is 76.6 Å². The fourth-order valence-corrected chi connectivity index (χ4v) is 1.95. The predicted octanol–water partition coefficient (Wildman–Crippen LogP) is 1.88. The van der Waals surface area contributed by atoms with Gasteiger partial charge in [0.2, 0.25) is 0 Å². The Morgan fingerprint density at radius 2 is 1.42 bits per heavy atom. The first-order valence-corrected chi connectivity index (χ1v) is 4.89. The van der Waals surface area contributed by atoms with Crippen LogP contribution < -0.4 is 0 Å². The fraction of sp³-hybridized carbons (Fsp3) is 1.00. The highest BCUT2D eigenvalue weighted by atomic mass is 16.3. The maximum Gasteiger partial charge on any atom is 0.0445 e. The largest absolute Gasteiger partial charge is 0.396 e. The molecule has 74 valence electrons. The van der Waals surface area contributed by atoms with Gasteiger partial charge in [-0.1, -0.05) is 0 Å². The van der Waals surface area contributed by atoms with Crippen molar-refractivity contribution in [3.8, 4) is 0 Å². The van der Waals surface area contributed by atoms with Gasteiger partial charge in [0.05, 0.1) is 0 Å². The molecule has 0 aromatic carbocycles. The van der Waals surface area contributed by atoms with Gasteiger partial charge in [0.25, 0.3) is 0 Å². The van der Waals surface area contributed by atoms with Gasteiger partial charge < -0.3 is 5.11 Å². The Balaban J connectivity index is 4.09. The van der Waals surface area contributed by atoms with Crippen LogP contribution in [0.15, 0.2) is 0 Å². The number of hydrogen-bond acceptors (Lipinski definition) is 2. The average Bonchev–Trinajstić information content (AvgIpc) is 1.85. The lowest BCUT2D eigenvalue weighted by molar-refractivity contribution is 0.102. The molecule has 1 unspecified atom stereocenters. The lowest BCUT2D eigenvalue weighted by Crippen LogP contribution is -2.43. The van der Waals surface area contributed by atoms with Crippen molar-refractivity contribution in [2.24, 2.45) is 0 Å². The Kier molecular flexibility index (Phi) is 5.51. The number of aliphatic hydroxyl groups excluding tert-OH is 1. The summed E-state index contributed by atoms with van der Waals surface area (Å²) in [5.74, 6) is 0. The van der Waals surface area contributed by atoms with Crippen LogP contribution in [-0.2, 0) is 0 Å². The van der Waals surface area contributed by atoms with Gasteiger partial charge in [0.15, 0.2) is 0 Å². The van der Waals surface area contributed by atoms with Crippen molar-refractivity contribution in [1.82, 2.24) is 4.90 Å². The Morgan fingerprint density at radius 3 is 1.67 bits per heavy atom. The highest BCUT2D eigenvalue weighted by Crippen LogP contribution is 2.12. The molecule has 0 radical (unpaired) electrons. The molecule has 0 heterocycles. The predicted molar refractivity (Wildman–Crippen MR) is 53.3 cm³/mol. The molecular formula is C10H23NO. The summed E-state index contributed by atoms with van der Waals surface area (Å²) >= 11 is 0. The molecule has 2 heteroatoms. The molecule has 1 N–H and O–H groups in total. The van der Waals surface area contributed by atoms with Crippen LogP contribution in [0.1, 0.15) is 41.0 Å². The maximum atomic E-state index is 8.82. The quantitative estimate of drug-likeness (QED) is 0.686. The average molecular weight is 173 g/mol. The molecule has 12 heavy (non-hydrogen) atoms. The first kappa shape index (κ1) is 11.9. The fourth-order valence-electron chi connectivity index (χ4n) is 1.95. The molecule has 0 saturated heterocycles. The lowest BCUT2D eigenvalue weighted by Gasteiger charge is -2.36. The number of nitrogens with zero attached hydrogens (tertiary/aromatic N) is 1. The van der Waals surface area contributed by atoms with Gasteiger partial charge in [-0.3, -0.25) is 4.90 Å². The standard InChI is InChI=1S/C10H23NO/c1-8(2)11(9(3)4)10(5)6-7-12/h8-10,12H,6-7H2,1-5H3. The molecule has 0 saturated carbocycles. The second kappa shape index (κ2) is 5.55. The molecule has 0 amide bonds. The second-order valence-electron chi connectivity index (χ2n) is 4.00. The molecule has 0 spiro atoms. The zero-order valence-electron chi connectivity index (χ0n) is 9.04. The van der Waals surface area contributed by atoms with Crippen LogP contribution in [0.2, 0.25) is 0 Å². The summed E-state index contributed by atoms with van der Waals surface area (Å²) in [6, 6.07) is 1.60. The van der Waals surface area contributed by atoms with E-state index in [2.05, 4.69) is 39.5 Å². The van der Waals surface area contributed by atoms with Gasteiger partial charge in [-0.05, 0) is 41.0 Å². The van der Waals surface area contributed by atoms with Gasteiger partial charge in [-0.15, -0.1) is 0 Å².